The van der Waals surface area contributed by atoms with Crippen molar-refractivity contribution in [2.24, 2.45) is 0 Å². The summed E-state index contributed by atoms with van der Waals surface area (Å²) in [4.78, 5) is 11.8. The summed E-state index contributed by atoms with van der Waals surface area (Å²) in [5.41, 5.74) is 3.00. The molecular formula is C14H16N4OS. The second kappa shape index (κ2) is 5.58. The number of urea groups is 1. The van der Waals surface area contributed by atoms with Crippen LogP contribution in [0.1, 0.15) is 24.8 Å². The zero-order valence-corrected chi connectivity index (χ0v) is 11.8. The molecule has 6 heteroatoms. The quantitative estimate of drug-likeness (QED) is 0.909. The summed E-state index contributed by atoms with van der Waals surface area (Å²) in [6.45, 7) is 0.654. The summed E-state index contributed by atoms with van der Waals surface area (Å²) >= 11 is 1.31. The van der Waals surface area contributed by atoms with Crippen molar-refractivity contribution >= 4 is 22.5 Å². The van der Waals surface area contributed by atoms with Crippen molar-refractivity contribution in [3.8, 4) is 0 Å². The van der Waals surface area contributed by atoms with Gasteiger partial charge in [-0.1, -0.05) is 48.1 Å². The number of nitrogens with one attached hydrogen (secondary N) is 2. The fourth-order valence-electron chi connectivity index (χ4n) is 2.58. The summed E-state index contributed by atoms with van der Waals surface area (Å²) in [5.74, 6) is 0. The second-order valence-electron chi connectivity index (χ2n) is 5.05. The van der Waals surface area contributed by atoms with Gasteiger partial charge < -0.3 is 5.32 Å². The molecule has 1 aliphatic rings. The molecule has 0 radical (unpaired) electrons. The van der Waals surface area contributed by atoms with Crippen molar-refractivity contribution in [3.05, 3.63) is 41.4 Å². The standard InChI is InChI=1S/C14H16N4OS/c19-12(17-13-18-16-10-20-13)15-9-14(7-4-8-14)11-5-2-1-3-6-11/h1-3,5-6,10H,4,7-9H2,(H2,15,17,18,19). The fraction of sp³-hybridized carbons (Fsp3) is 0.357. The van der Waals surface area contributed by atoms with Crippen molar-refractivity contribution in [1.29, 1.82) is 0 Å². The molecule has 0 atom stereocenters. The van der Waals surface area contributed by atoms with Gasteiger partial charge >= 0.3 is 6.03 Å². The van der Waals surface area contributed by atoms with E-state index in [0.717, 1.165) is 12.8 Å². The van der Waals surface area contributed by atoms with Gasteiger partial charge in [-0.2, -0.15) is 0 Å². The third-order valence-corrected chi connectivity index (χ3v) is 4.47. The van der Waals surface area contributed by atoms with E-state index in [1.54, 1.807) is 5.51 Å². The molecule has 0 spiro atoms. The molecule has 2 aromatic rings. The van der Waals surface area contributed by atoms with Crippen LogP contribution < -0.4 is 10.6 Å². The smallest absolute Gasteiger partial charge is 0.321 e. The lowest BCUT2D eigenvalue weighted by Gasteiger charge is -2.42. The van der Waals surface area contributed by atoms with Gasteiger partial charge in [0.1, 0.15) is 5.51 Å². The number of nitrogens with zero attached hydrogens (tertiary/aromatic N) is 2. The van der Waals surface area contributed by atoms with Gasteiger partial charge in [-0.15, -0.1) is 10.2 Å². The first-order valence-corrected chi connectivity index (χ1v) is 7.53. The third-order valence-electron chi connectivity index (χ3n) is 3.86. The van der Waals surface area contributed by atoms with Crippen LogP contribution in [0.25, 0.3) is 0 Å². The van der Waals surface area contributed by atoms with Crippen molar-refractivity contribution in [2.75, 3.05) is 11.9 Å². The Morgan fingerprint density at radius 1 is 1.30 bits per heavy atom. The van der Waals surface area contributed by atoms with Gasteiger partial charge in [0.25, 0.3) is 0 Å². The lowest BCUT2D eigenvalue weighted by atomic mass is 9.64. The van der Waals surface area contributed by atoms with Gasteiger partial charge in [-0.3, -0.25) is 5.32 Å². The maximum atomic E-state index is 11.8. The molecule has 2 N–H and O–H groups in total. The molecule has 1 fully saturated rings. The van der Waals surface area contributed by atoms with E-state index in [1.165, 1.54) is 23.3 Å². The summed E-state index contributed by atoms with van der Waals surface area (Å²) < 4.78 is 0. The van der Waals surface area contributed by atoms with Crippen LogP contribution in [0.15, 0.2) is 35.8 Å². The first-order chi connectivity index (χ1) is 9.78. The first-order valence-electron chi connectivity index (χ1n) is 6.65. The predicted octanol–water partition coefficient (Wildman–Crippen LogP) is 2.78. The molecule has 20 heavy (non-hydrogen) atoms. The Kier molecular flexibility index (Phi) is 3.64. The number of carbonyl (C=O) groups is 1. The Bertz CT molecular complexity index is 566. The molecule has 1 aliphatic carbocycles. The van der Waals surface area contributed by atoms with Gasteiger partial charge in [0, 0.05) is 12.0 Å². The highest BCUT2D eigenvalue weighted by atomic mass is 32.1. The van der Waals surface area contributed by atoms with Crippen LogP contribution in [-0.4, -0.2) is 22.8 Å². The molecule has 0 bridgehead atoms. The van der Waals surface area contributed by atoms with Crippen LogP contribution in [0, 0.1) is 0 Å². The largest absolute Gasteiger partial charge is 0.337 e. The topological polar surface area (TPSA) is 66.9 Å². The molecule has 0 saturated heterocycles. The van der Waals surface area contributed by atoms with Gasteiger partial charge in [-0.25, -0.2) is 4.79 Å². The number of hydrogen-bond acceptors (Lipinski definition) is 4. The van der Waals surface area contributed by atoms with E-state index in [2.05, 4.69) is 45.1 Å². The number of benzene rings is 1. The van der Waals surface area contributed by atoms with Gasteiger partial charge in [0.05, 0.1) is 0 Å². The number of rotatable bonds is 4. The Morgan fingerprint density at radius 2 is 2.10 bits per heavy atom. The van der Waals surface area contributed by atoms with E-state index in [9.17, 15) is 4.79 Å². The molecule has 3 rings (SSSR count). The van der Waals surface area contributed by atoms with E-state index in [0.29, 0.717) is 11.7 Å². The normalized spacial score (nSPS) is 16.2. The zero-order chi connectivity index (χ0) is 13.8. The fourth-order valence-corrected chi connectivity index (χ4v) is 3.02. The number of hydrogen-bond donors (Lipinski definition) is 2. The van der Waals surface area contributed by atoms with Crippen molar-refractivity contribution in [1.82, 2.24) is 15.5 Å². The van der Waals surface area contributed by atoms with Gasteiger partial charge in [0.15, 0.2) is 0 Å². The summed E-state index contributed by atoms with van der Waals surface area (Å²) in [6, 6.07) is 10.2. The van der Waals surface area contributed by atoms with Gasteiger partial charge in [0.2, 0.25) is 5.13 Å². The minimum atomic E-state index is -0.219. The highest BCUT2D eigenvalue weighted by Gasteiger charge is 2.38. The molecule has 2 amide bonds. The van der Waals surface area contributed by atoms with E-state index < -0.39 is 0 Å². The monoisotopic (exact) mass is 288 g/mol. The first kappa shape index (κ1) is 13.1. The van der Waals surface area contributed by atoms with Crippen LogP contribution in [0.3, 0.4) is 0 Å². The van der Waals surface area contributed by atoms with Crippen molar-refractivity contribution in [2.45, 2.75) is 24.7 Å². The lowest BCUT2D eigenvalue weighted by Crippen LogP contribution is -2.46. The molecule has 0 aliphatic heterocycles. The number of amides is 2. The predicted molar refractivity (Wildman–Crippen MR) is 78.9 cm³/mol. The van der Waals surface area contributed by atoms with E-state index >= 15 is 0 Å². The molecule has 0 unspecified atom stereocenters. The minimum Gasteiger partial charge on any atom is -0.337 e. The highest BCUT2D eigenvalue weighted by Crippen LogP contribution is 2.43. The van der Waals surface area contributed by atoms with E-state index in [-0.39, 0.29) is 11.4 Å². The SMILES string of the molecule is O=C(NCC1(c2ccccc2)CCC1)Nc1nncs1. The molecule has 1 aromatic heterocycles. The zero-order valence-electron chi connectivity index (χ0n) is 11.0. The molecule has 104 valence electrons. The van der Waals surface area contributed by atoms with Crippen molar-refractivity contribution in [3.63, 3.8) is 0 Å². The number of anilines is 1. The average Bonchev–Trinajstić information content (AvgIpc) is 2.91. The maximum absolute atomic E-state index is 11.8. The third kappa shape index (κ3) is 2.65. The van der Waals surface area contributed by atoms with Crippen LogP contribution in [0.2, 0.25) is 0 Å². The maximum Gasteiger partial charge on any atom is 0.321 e. The molecule has 1 saturated carbocycles. The van der Waals surface area contributed by atoms with Crippen LogP contribution in [0.4, 0.5) is 9.93 Å². The Balaban J connectivity index is 1.60. The number of carbonyl (C=O) groups excluding carboxylic acids is 1. The summed E-state index contributed by atoms with van der Waals surface area (Å²) in [5, 5.41) is 13.6. The van der Waals surface area contributed by atoms with E-state index in [1.807, 2.05) is 6.07 Å². The second-order valence-corrected chi connectivity index (χ2v) is 5.88. The summed E-state index contributed by atoms with van der Waals surface area (Å²) in [7, 11) is 0. The molecular weight excluding hydrogens is 272 g/mol. The van der Waals surface area contributed by atoms with E-state index in [4.69, 9.17) is 0 Å². The average molecular weight is 288 g/mol. The van der Waals surface area contributed by atoms with Crippen LogP contribution >= 0.6 is 11.3 Å². The molecule has 5 nitrogen and oxygen atoms in total. The number of aromatic nitrogens is 2. The Labute approximate surface area is 121 Å². The Morgan fingerprint density at radius 3 is 2.70 bits per heavy atom. The van der Waals surface area contributed by atoms with Crippen LogP contribution in [0.5, 0.6) is 0 Å². The summed E-state index contributed by atoms with van der Waals surface area (Å²) in [6.07, 6.45) is 3.46. The van der Waals surface area contributed by atoms with Crippen molar-refractivity contribution < 1.29 is 4.79 Å². The molecule has 1 heterocycles. The minimum absolute atomic E-state index is 0.0970. The lowest BCUT2D eigenvalue weighted by molar-refractivity contribution is 0.222. The van der Waals surface area contributed by atoms with Crippen LogP contribution in [-0.2, 0) is 5.41 Å². The molecule has 1 aromatic carbocycles. The Hall–Kier alpha value is -1.95. The van der Waals surface area contributed by atoms with Gasteiger partial charge in [-0.05, 0) is 18.4 Å². The highest BCUT2D eigenvalue weighted by molar-refractivity contribution is 7.13.